The molecule has 2 N–H and O–H groups in total. The Morgan fingerprint density at radius 1 is 1.03 bits per heavy atom. The molecule has 7 nitrogen and oxygen atoms in total. The monoisotopic (exact) mass is 503 g/mol. The number of esters is 1. The van der Waals surface area contributed by atoms with E-state index in [-0.39, 0.29) is 16.4 Å². The molecule has 34 heavy (non-hydrogen) atoms. The Morgan fingerprint density at radius 2 is 1.68 bits per heavy atom. The zero-order valence-corrected chi connectivity index (χ0v) is 20.2. The largest absolute Gasteiger partial charge is 0.482 e. The van der Waals surface area contributed by atoms with Crippen molar-refractivity contribution in [2.24, 2.45) is 0 Å². The predicted octanol–water partition coefficient (Wildman–Crippen LogP) is 3.59. The van der Waals surface area contributed by atoms with Crippen LogP contribution < -0.4 is 10.1 Å². The van der Waals surface area contributed by atoms with Gasteiger partial charge in [0.15, 0.2) is 6.61 Å². The molecule has 0 radical (unpaired) electrons. The van der Waals surface area contributed by atoms with Crippen LogP contribution in [-0.4, -0.2) is 46.3 Å². The first kappa shape index (κ1) is 25.7. The number of ether oxygens (including phenoxy) is 2. The molecule has 0 bridgehead atoms. The topological polar surface area (TPSA) is 102 Å². The molecule has 1 atom stereocenters. The number of carbonyl (C=O) groups excluding carboxylic acids is 1. The van der Waals surface area contributed by atoms with E-state index in [0.29, 0.717) is 30.3 Å². The summed E-state index contributed by atoms with van der Waals surface area (Å²) in [6.07, 6.45) is 0.0120. The molecule has 0 spiro atoms. The van der Waals surface area contributed by atoms with Crippen LogP contribution in [0.15, 0.2) is 82.6 Å². The van der Waals surface area contributed by atoms with Crippen LogP contribution in [0.25, 0.3) is 0 Å². The summed E-state index contributed by atoms with van der Waals surface area (Å²) < 4.78 is 35.5. The summed E-state index contributed by atoms with van der Waals surface area (Å²) in [5.74, 6) is -0.156. The van der Waals surface area contributed by atoms with E-state index in [9.17, 15) is 18.3 Å². The van der Waals surface area contributed by atoms with E-state index in [1.807, 2.05) is 6.07 Å². The molecule has 180 valence electrons. The molecule has 0 aliphatic carbocycles. The number of nitrogens with one attached hydrogen (secondary N) is 1. The second kappa shape index (κ2) is 12.0. The van der Waals surface area contributed by atoms with Gasteiger partial charge in [-0.25, -0.2) is 13.2 Å². The number of aliphatic hydroxyl groups excluding tert-OH is 1. The maximum atomic E-state index is 12.9. The van der Waals surface area contributed by atoms with E-state index in [1.165, 1.54) is 31.4 Å². The fourth-order valence-corrected chi connectivity index (χ4v) is 4.65. The van der Waals surface area contributed by atoms with E-state index in [1.54, 1.807) is 42.5 Å². The average Bonchev–Trinajstić information content (AvgIpc) is 2.85. The maximum Gasteiger partial charge on any atom is 0.343 e. The Kier molecular flexibility index (Phi) is 9.06. The van der Waals surface area contributed by atoms with Gasteiger partial charge in [0.1, 0.15) is 5.75 Å². The molecule has 0 amide bonds. The smallest absolute Gasteiger partial charge is 0.343 e. The van der Waals surface area contributed by atoms with Crippen molar-refractivity contribution in [3.63, 3.8) is 0 Å². The normalized spacial score (nSPS) is 12.2. The number of sulfone groups is 1. The summed E-state index contributed by atoms with van der Waals surface area (Å²) in [5.41, 5.74) is 1.72. The van der Waals surface area contributed by atoms with Gasteiger partial charge in [0.05, 0.1) is 23.0 Å². The minimum absolute atomic E-state index is 0.127. The van der Waals surface area contributed by atoms with Crippen LogP contribution >= 0.6 is 11.6 Å². The Balaban J connectivity index is 1.52. The van der Waals surface area contributed by atoms with Crippen LogP contribution in [-0.2, 0) is 25.8 Å². The van der Waals surface area contributed by atoms with E-state index in [2.05, 4.69) is 10.1 Å². The van der Waals surface area contributed by atoms with E-state index in [4.69, 9.17) is 16.3 Å². The lowest BCUT2D eigenvalue weighted by Gasteiger charge is -2.13. The van der Waals surface area contributed by atoms with Gasteiger partial charge in [-0.15, -0.1) is 0 Å². The van der Waals surface area contributed by atoms with Crippen LogP contribution in [0.5, 0.6) is 5.75 Å². The van der Waals surface area contributed by atoms with Crippen LogP contribution in [0.4, 0.5) is 0 Å². The van der Waals surface area contributed by atoms with Crippen LogP contribution in [0.2, 0.25) is 5.02 Å². The molecule has 0 fully saturated rings. The lowest BCUT2D eigenvalue weighted by atomic mass is 10.1. The van der Waals surface area contributed by atoms with Gasteiger partial charge in [-0.3, -0.25) is 0 Å². The highest BCUT2D eigenvalue weighted by Crippen LogP contribution is 2.24. The molecule has 0 aliphatic rings. The molecular formula is C25H26ClNO6S. The zero-order chi connectivity index (χ0) is 24.6. The summed E-state index contributed by atoms with van der Waals surface area (Å²) in [6.45, 7) is 0.751. The van der Waals surface area contributed by atoms with Gasteiger partial charge in [-0.2, -0.15) is 0 Å². The summed E-state index contributed by atoms with van der Waals surface area (Å²) in [7, 11) is -2.43. The Labute approximate surface area is 204 Å². The third-order valence-electron chi connectivity index (χ3n) is 5.11. The molecule has 0 aromatic heterocycles. The van der Waals surface area contributed by atoms with Crippen molar-refractivity contribution in [2.45, 2.75) is 22.3 Å². The van der Waals surface area contributed by atoms with Gasteiger partial charge in [0, 0.05) is 11.6 Å². The van der Waals surface area contributed by atoms with Crippen molar-refractivity contribution in [3.05, 3.63) is 88.9 Å². The molecule has 0 saturated heterocycles. The second-order valence-electron chi connectivity index (χ2n) is 7.51. The quantitative estimate of drug-likeness (QED) is 0.304. The summed E-state index contributed by atoms with van der Waals surface area (Å²) in [6, 6.07) is 19.7. The van der Waals surface area contributed by atoms with E-state index < -0.39 is 21.9 Å². The van der Waals surface area contributed by atoms with Gasteiger partial charge in [0.25, 0.3) is 0 Å². The van der Waals surface area contributed by atoms with Crippen molar-refractivity contribution in [1.82, 2.24) is 5.32 Å². The zero-order valence-electron chi connectivity index (χ0n) is 18.6. The van der Waals surface area contributed by atoms with Gasteiger partial charge >= 0.3 is 5.97 Å². The number of rotatable bonds is 11. The van der Waals surface area contributed by atoms with Crippen molar-refractivity contribution in [3.8, 4) is 5.75 Å². The molecule has 0 aliphatic heterocycles. The molecule has 9 heteroatoms. The third kappa shape index (κ3) is 7.04. The number of methoxy groups -OCH3 is 1. The van der Waals surface area contributed by atoms with Gasteiger partial charge in [-0.1, -0.05) is 35.9 Å². The van der Waals surface area contributed by atoms with Crippen molar-refractivity contribution in [2.75, 3.05) is 26.8 Å². The highest BCUT2D eigenvalue weighted by Gasteiger charge is 2.17. The highest BCUT2D eigenvalue weighted by molar-refractivity contribution is 7.91. The average molecular weight is 504 g/mol. The van der Waals surface area contributed by atoms with Crippen molar-refractivity contribution in [1.29, 1.82) is 0 Å². The molecule has 1 unspecified atom stereocenters. The second-order valence-corrected chi connectivity index (χ2v) is 9.89. The minimum Gasteiger partial charge on any atom is -0.482 e. The van der Waals surface area contributed by atoms with Crippen molar-refractivity contribution >= 4 is 27.4 Å². The lowest BCUT2D eigenvalue weighted by Crippen LogP contribution is -2.23. The molecular weight excluding hydrogens is 478 g/mol. The van der Waals surface area contributed by atoms with Crippen molar-refractivity contribution < 1.29 is 27.8 Å². The van der Waals surface area contributed by atoms with E-state index in [0.717, 1.165) is 11.1 Å². The van der Waals surface area contributed by atoms with Gasteiger partial charge < -0.3 is 19.9 Å². The number of hydrogen-bond acceptors (Lipinski definition) is 7. The molecule has 0 heterocycles. The molecule has 3 aromatic carbocycles. The number of halogens is 1. The first-order valence-corrected chi connectivity index (χ1v) is 12.4. The first-order chi connectivity index (χ1) is 16.3. The lowest BCUT2D eigenvalue weighted by molar-refractivity contribution is -0.142. The molecule has 3 aromatic rings. The van der Waals surface area contributed by atoms with Crippen LogP contribution in [0.1, 0.15) is 17.2 Å². The highest BCUT2D eigenvalue weighted by atomic mass is 35.5. The number of aliphatic hydroxyl groups is 1. The van der Waals surface area contributed by atoms with E-state index >= 15 is 0 Å². The minimum atomic E-state index is -3.69. The maximum absolute atomic E-state index is 12.9. The summed E-state index contributed by atoms with van der Waals surface area (Å²) in [5, 5.41) is 14.0. The third-order valence-corrected chi connectivity index (χ3v) is 7.13. The Hall–Kier alpha value is -2.91. The predicted molar refractivity (Wildman–Crippen MR) is 129 cm³/mol. The summed E-state index contributed by atoms with van der Waals surface area (Å²) in [4.78, 5) is 11.5. The van der Waals surface area contributed by atoms with Gasteiger partial charge in [-0.05, 0) is 72.6 Å². The van der Waals surface area contributed by atoms with Crippen LogP contribution in [0, 0.1) is 0 Å². The molecule has 3 rings (SSSR count). The Bertz CT molecular complexity index is 1200. The number of hydrogen-bond donors (Lipinski definition) is 2. The fraction of sp³-hybridized carbons (Fsp3) is 0.240. The molecule has 0 saturated carbocycles. The fourth-order valence-electron chi connectivity index (χ4n) is 3.19. The first-order valence-electron chi connectivity index (χ1n) is 10.6. The van der Waals surface area contributed by atoms with Gasteiger partial charge in [0.2, 0.25) is 9.84 Å². The summed E-state index contributed by atoms with van der Waals surface area (Å²) >= 11 is 5.95. The number of benzene rings is 3. The number of carbonyl (C=O) groups is 1. The Morgan fingerprint density at radius 3 is 2.29 bits per heavy atom. The standard InChI is InChI=1S/C25H26ClNO6S/c1-32-25(29)17-33-21-7-11-23(12-8-21)34(30,31)22-9-5-18(6-10-22)13-14-27-16-24(28)19-3-2-4-20(26)15-19/h2-12,15,24,27-28H,13-14,16-17H2,1H3. The van der Waals surface area contributed by atoms with Crippen LogP contribution in [0.3, 0.4) is 0 Å². The SMILES string of the molecule is COC(=O)COc1ccc(S(=O)(=O)c2ccc(CCNCC(O)c3cccc(Cl)c3)cc2)cc1.